The summed E-state index contributed by atoms with van der Waals surface area (Å²) in [6.45, 7) is 3.73. The number of nitrogens with one attached hydrogen (secondary N) is 1. The molecule has 0 unspecified atom stereocenters. The number of aromatic amines is 1. The van der Waals surface area contributed by atoms with Gasteiger partial charge in [0.15, 0.2) is 0 Å². The van der Waals surface area contributed by atoms with Gasteiger partial charge in [-0.05, 0) is 37.6 Å². The van der Waals surface area contributed by atoms with E-state index < -0.39 is 5.97 Å². The molecule has 94 valence electrons. The predicted octanol–water partition coefficient (Wildman–Crippen LogP) is 2.40. The molecule has 0 bridgehead atoms. The minimum Gasteiger partial charge on any atom is -0.496 e. The number of nitrogens with zero attached hydrogens (tertiary/aromatic N) is 1. The van der Waals surface area contributed by atoms with Crippen molar-refractivity contribution in [1.82, 2.24) is 9.97 Å². The monoisotopic (exact) mass is 246 g/mol. The Labute approximate surface area is 104 Å². The molecule has 2 N–H and O–H groups in total. The smallest absolute Gasteiger partial charge is 0.371 e. The van der Waals surface area contributed by atoms with E-state index in [2.05, 4.69) is 9.97 Å². The topological polar surface area (TPSA) is 75.2 Å². The number of imidazole rings is 1. The largest absolute Gasteiger partial charge is 0.496 e. The van der Waals surface area contributed by atoms with Crippen LogP contribution in [0.25, 0.3) is 11.3 Å². The van der Waals surface area contributed by atoms with Crippen LogP contribution >= 0.6 is 0 Å². The van der Waals surface area contributed by atoms with Gasteiger partial charge >= 0.3 is 5.97 Å². The summed E-state index contributed by atoms with van der Waals surface area (Å²) in [4.78, 5) is 17.7. The second-order valence-electron chi connectivity index (χ2n) is 4.05. The van der Waals surface area contributed by atoms with Gasteiger partial charge in [0.05, 0.1) is 12.8 Å². The summed E-state index contributed by atoms with van der Waals surface area (Å²) in [6.07, 6.45) is 0. The highest BCUT2D eigenvalue weighted by Gasteiger charge is 2.14. The summed E-state index contributed by atoms with van der Waals surface area (Å²) in [5, 5.41) is 8.89. The molecule has 5 nitrogen and oxygen atoms in total. The summed E-state index contributed by atoms with van der Waals surface area (Å²) in [6, 6.07) is 5.63. The van der Waals surface area contributed by atoms with Gasteiger partial charge in [0.25, 0.3) is 0 Å². The second kappa shape index (κ2) is 4.52. The second-order valence-corrected chi connectivity index (χ2v) is 4.05. The van der Waals surface area contributed by atoms with Crippen LogP contribution in [0.4, 0.5) is 0 Å². The molecule has 0 saturated carbocycles. The quantitative estimate of drug-likeness (QED) is 0.872. The van der Waals surface area contributed by atoms with Crippen molar-refractivity contribution in [3.63, 3.8) is 0 Å². The van der Waals surface area contributed by atoms with Crippen molar-refractivity contribution in [2.75, 3.05) is 7.11 Å². The number of benzene rings is 1. The van der Waals surface area contributed by atoms with Gasteiger partial charge in [-0.25, -0.2) is 9.78 Å². The van der Waals surface area contributed by atoms with Crippen LogP contribution in [0.15, 0.2) is 18.2 Å². The number of carboxylic acid groups (broad SMARTS) is 1. The first-order valence-electron chi connectivity index (χ1n) is 5.48. The minimum absolute atomic E-state index is 0.0454. The zero-order valence-electron chi connectivity index (χ0n) is 10.4. The highest BCUT2D eigenvalue weighted by Crippen LogP contribution is 2.26. The normalized spacial score (nSPS) is 10.4. The molecule has 0 spiro atoms. The maximum absolute atomic E-state index is 10.9. The van der Waals surface area contributed by atoms with Crippen LogP contribution in [0.2, 0.25) is 0 Å². The van der Waals surface area contributed by atoms with Crippen LogP contribution in [0.5, 0.6) is 5.75 Å². The van der Waals surface area contributed by atoms with E-state index in [9.17, 15) is 4.79 Å². The Kier molecular flexibility index (Phi) is 3.06. The minimum atomic E-state index is -1.06. The van der Waals surface area contributed by atoms with Crippen molar-refractivity contribution < 1.29 is 14.6 Å². The zero-order valence-corrected chi connectivity index (χ0v) is 10.4. The van der Waals surface area contributed by atoms with E-state index in [-0.39, 0.29) is 5.82 Å². The van der Waals surface area contributed by atoms with Gasteiger partial charge < -0.3 is 14.8 Å². The van der Waals surface area contributed by atoms with Crippen LogP contribution in [0.1, 0.15) is 21.9 Å². The Hall–Kier alpha value is -2.30. The molecule has 18 heavy (non-hydrogen) atoms. The molecule has 0 amide bonds. The number of ether oxygens (including phenoxy) is 1. The number of hydrogen-bond acceptors (Lipinski definition) is 3. The molecule has 0 fully saturated rings. The van der Waals surface area contributed by atoms with Crippen molar-refractivity contribution in [1.29, 1.82) is 0 Å². The predicted molar refractivity (Wildman–Crippen MR) is 67.0 cm³/mol. The molecule has 2 aromatic rings. The molecule has 0 radical (unpaired) electrons. The number of rotatable bonds is 3. The molecule has 1 heterocycles. The van der Waals surface area contributed by atoms with Crippen molar-refractivity contribution in [2.45, 2.75) is 13.8 Å². The fourth-order valence-corrected chi connectivity index (χ4v) is 1.87. The number of carbonyl (C=O) groups is 1. The third kappa shape index (κ3) is 2.07. The first-order valence-corrected chi connectivity index (χ1v) is 5.48. The van der Waals surface area contributed by atoms with E-state index in [1.165, 1.54) is 0 Å². The summed E-state index contributed by atoms with van der Waals surface area (Å²) in [7, 11) is 1.62. The lowest BCUT2D eigenvalue weighted by Gasteiger charge is -2.06. The van der Waals surface area contributed by atoms with Gasteiger partial charge in [-0.15, -0.1) is 0 Å². The molecule has 0 saturated heterocycles. The summed E-state index contributed by atoms with van der Waals surface area (Å²) in [5.41, 5.74) is 3.24. The van der Waals surface area contributed by atoms with Crippen molar-refractivity contribution >= 4 is 5.97 Å². The Morgan fingerprint density at radius 2 is 2.11 bits per heavy atom. The van der Waals surface area contributed by atoms with Crippen molar-refractivity contribution in [3.05, 3.63) is 35.3 Å². The maximum Gasteiger partial charge on any atom is 0.371 e. The fraction of sp³-hybridized carbons (Fsp3) is 0.231. The number of methoxy groups -OCH3 is 1. The average molecular weight is 246 g/mol. The third-order valence-corrected chi connectivity index (χ3v) is 2.76. The van der Waals surface area contributed by atoms with Gasteiger partial charge in [-0.3, -0.25) is 0 Å². The first-order chi connectivity index (χ1) is 8.52. The zero-order chi connectivity index (χ0) is 13.3. The lowest BCUT2D eigenvalue weighted by molar-refractivity contribution is 0.0684. The van der Waals surface area contributed by atoms with Gasteiger partial charge in [0.2, 0.25) is 5.82 Å². The van der Waals surface area contributed by atoms with E-state index in [1.807, 2.05) is 25.1 Å². The summed E-state index contributed by atoms with van der Waals surface area (Å²) >= 11 is 0. The fourth-order valence-electron chi connectivity index (χ4n) is 1.87. The Balaban J connectivity index is 2.48. The molecule has 0 aliphatic heterocycles. The van der Waals surface area contributed by atoms with Gasteiger partial charge in [0.1, 0.15) is 5.75 Å². The number of aromatic nitrogens is 2. The lowest BCUT2D eigenvalue weighted by atomic mass is 10.1. The Bertz CT molecular complexity index is 602. The van der Waals surface area contributed by atoms with Crippen molar-refractivity contribution in [3.8, 4) is 17.0 Å². The number of aryl methyl sites for hydroxylation is 2. The SMILES string of the molecule is COc1ccc(-c2nc(C(=O)O)[nH]c2C)cc1C. The van der Waals surface area contributed by atoms with Crippen LogP contribution < -0.4 is 4.74 Å². The van der Waals surface area contributed by atoms with Gasteiger partial charge in [-0.2, -0.15) is 0 Å². The Morgan fingerprint density at radius 1 is 1.39 bits per heavy atom. The molecular formula is C13H14N2O3. The van der Waals surface area contributed by atoms with Gasteiger partial charge in [-0.1, -0.05) is 0 Å². The maximum atomic E-state index is 10.9. The van der Waals surface area contributed by atoms with E-state index in [0.717, 1.165) is 22.6 Å². The lowest BCUT2D eigenvalue weighted by Crippen LogP contribution is -1.98. The van der Waals surface area contributed by atoms with Crippen LogP contribution in [0.3, 0.4) is 0 Å². The number of carboxylic acids is 1. The third-order valence-electron chi connectivity index (χ3n) is 2.76. The highest BCUT2D eigenvalue weighted by atomic mass is 16.5. The van der Waals surface area contributed by atoms with Crippen LogP contribution in [-0.2, 0) is 0 Å². The highest BCUT2D eigenvalue weighted by molar-refractivity contribution is 5.84. The molecule has 5 heteroatoms. The van der Waals surface area contributed by atoms with Crippen LogP contribution in [-0.4, -0.2) is 28.2 Å². The molecule has 2 rings (SSSR count). The summed E-state index contributed by atoms with van der Waals surface area (Å²) < 4.78 is 5.19. The molecule has 0 aliphatic rings. The van der Waals surface area contributed by atoms with Crippen LogP contribution in [0, 0.1) is 13.8 Å². The van der Waals surface area contributed by atoms with Crippen molar-refractivity contribution in [2.24, 2.45) is 0 Å². The summed E-state index contributed by atoms with van der Waals surface area (Å²) in [5.74, 6) is -0.309. The Morgan fingerprint density at radius 3 is 2.61 bits per heavy atom. The first kappa shape index (κ1) is 12.2. The number of aromatic carboxylic acids is 1. The number of hydrogen-bond donors (Lipinski definition) is 2. The standard InChI is InChI=1S/C13H14N2O3/c1-7-6-9(4-5-10(7)18-3)11-8(2)14-12(15-11)13(16)17/h4-6H,1-3H3,(H,14,15)(H,16,17). The number of H-pyrrole nitrogens is 1. The van der Waals surface area contributed by atoms with Gasteiger partial charge in [0, 0.05) is 11.3 Å². The average Bonchev–Trinajstić information content (AvgIpc) is 2.71. The molecule has 0 aliphatic carbocycles. The molecule has 0 atom stereocenters. The van der Waals surface area contributed by atoms with E-state index in [0.29, 0.717) is 5.69 Å². The van der Waals surface area contributed by atoms with E-state index in [1.54, 1.807) is 14.0 Å². The molecular weight excluding hydrogens is 232 g/mol. The molecule has 1 aromatic heterocycles. The molecule has 1 aromatic carbocycles. The van der Waals surface area contributed by atoms with E-state index >= 15 is 0 Å². The van der Waals surface area contributed by atoms with E-state index in [4.69, 9.17) is 9.84 Å².